The number of allylic oxidation sites excluding steroid dienone is 1. The molecule has 0 radical (unpaired) electrons. The molecule has 0 saturated heterocycles. The van der Waals surface area contributed by atoms with Gasteiger partial charge in [-0.1, -0.05) is 6.08 Å². The van der Waals surface area contributed by atoms with Crippen molar-refractivity contribution in [2.75, 3.05) is 0 Å². The molecule has 16 heavy (non-hydrogen) atoms. The lowest BCUT2D eigenvalue weighted by molar-refractivity contribution is 0.576. The van der Waals surface area contributed by atoms with Crippen LogP contribution in [0, 0.1) is 6.92 Å². The average Bonchev–Trinajstić information content (AvgIpc) is 3.04. The van der Waals surface area contributed by atoms with E-state index in [1.165, 1.54) is 18.5 Å². The summed E-state index contributed by atoms with van der Waals surface area (Å²) in [6, 6.07) is 0.761. The topological polar surface area (TPSA) is 29.9 Å². The first-order chi connectivity index (χ1) is 7.81. The first-order valence-electron chi connectivity index (χ1n) is 6.16. The molecule has 0 spiro atoms. The number of aromatic nitrogens is 2. The van der Waals surface area contributed by atoms with E-state index in [-0.39, 0.29) is 0 Å². The quantitative estimate of drug-likeness (QED) is 0.564. The van der Waals surface area contributed by atoms with E-state index in [1.807, 2.05) is 12.3 Å². The van der Waals surface area contributed by atoms with Gasteiger partial charge in [0.1, 0.15) is 5.82 Å². The van der Waals surface area contributed by atoms with Crippen LogP contribution in [0.1, 0.15) is 37.2 Å². The number of hydrogen-bond acceptors (Lipinski definition) is 2. The summed E-state index contributed by atoms with van der Waals surface area (Å²) in [5, 5.41) is 3.54. The Kier molecular flexibility index (Phi) is 3.78. The van der Waals surface area contributed by atoms with Crippen molar-refractivity contribution in [1.29, 1.82) is 0 Å². The van der Waals surface area contributed by atoms with Crippen LogP contribution in [0.15, 0.2) is 18.9 Å². The van der Waals surface area contributed by atoms with E-state index in [2.05, 4.69) is 28.4 Å². The second kappa shape index (κ2) is 5.30. The summed E-state index contributed by atoms with van der Waals surface area (Å²) in [6.45, 7) is 7.85. The molecule has 0 amide bonds. The molecule has 1 saturated carbocycles. The van der Waals surface area contributed by atoms with Gasteiger partial charge in [0.05, 0.1) is 5.69 Å². The maximum absolute atomic E-state index is 4.39. The van der Waals surface area contributed by atoms with Crippen molar-refractivity contribution in [3.8, 4) is 0 Å². The Labute approximate surface area is 97.6 Å². The highest BCUT2D eigenvalue weighted by Gasteiger charge is 2.20. The van der Waals surface area contributed by atoms with Gasteiger partial charge in [0.25, 0.3) is 0 Å². The lowest BCUT2D eigenvalue weighted by Crippen LogP contribution is -2.18. The van der Waals surface area contributed by atoms with Crippen molar-refractivity contribution >= 4 is 0 Å². The average molecular weight is 219 g/mol. The van der Waals surface area contributed by atoms with Crippen LogP contribution < -0.4 is 5.32 Å². The first kappa shape index (κ1) is 11.4. The van der Waals surface area contributed by atoms with Gasteiger partial charge >= 0.3 is 0 Å². The van der Waals surface area contributed by atoms with Crippen LogP contribution in [0.4, 0.5) is 0 Å². The molecule has 88 valence electrons. The molecule has 0 unspecified atom stereocenters. The predicted molar refractivity (Wildman–Crippen MR) is 66.3 cm³/mol. The number of rotatable bonds is 7. The highest BCUT2D eigenvalue weighted by atomic mass is 15.1. The first-order valence-corrected chi connectivity index (χ1v) is 6.16. The van der Waals surface area contributed by atoms with Crippen LogP contribution >= 0.6 is 0 Å². The SMILES string of the molecule is C=CCCCn1c(CNC2CC2)cnc1C. The third-order valence-electron chi connectivity index (χ3n) is 3.08. The second-order valence-corrected chi connectivity index (χ2v) is 4.53. The molecule has 1 aromatic heterocycles. The third-order valence-corrected chi connectivity index (χ3v) is 3.08. The van der Waals surface area contributed by atoms with Crippen LogP contribution in [0.3, 0.4) is 0 Å². The largest absolute Gasteiger partial charge is 0.331 e. The van der Waals surface area contributed by atoms with Crippen LogP contribution in [-0.4, -0.2) is 15.6 Å². The predicted octanol–water partition coefficient (Wildman–Crippen LogP) is 2.41. The van der Waals surface area contributed by atoms with E-state index in [4.69, 9.17) is 0 Å². The fourth-order valence-electron chi connectivity index (χ4n) is 1.89. The summed E-state index contributed by atoms with van der Waals surface area (Å²) in [6.07, 6.45) is 8.88. The molecule has 3 heteroatoms. The molecule has 1 aliphatic rings. The minimum atomic E-state index is 0.761. The van der Waals surface area contributed by atoms with Crippen molar-refractivity contribution in [1.82, 2.24) is 14.9 Å². The minimum absolute atomic E-state index is 0.761. The zero-order chi connectivity index (χ0) is 11.4. The van der Waals surface area contributed by atoms with E-state index in [1.54, 1.807) is 0 Å². The Hall–Kier alpha value is -1.09. The van der Waals surface area contributed by atoms with Crippen molar-refractivity contribution in [3.63, 3.8) is 0 Å². The number of nitrogens with zero attached hydrogens (tertiary/aromatic N) is 2. The van der Waals surface area contributed by atoms with Gasteiger partial charge in [0, 0.05) is 25.3 Å². The van der Waals surface area contributed by atoms with Gasteiger partial charge in [-0.05, 0) is 32.6 Å². The molecule has 2 rings (SSSR count). The molecular formula is C13H21N3. The summed E-state index contributed by atoms with van der Waals surface area (Å²) in [5.41, 5.74) is 1.31. The zero-order valence-corrected chi connectivity index (χ0v) is 10.1. The van der Waals surface area contributed by atoms with Gasteiger partial charge < -0.3 is 9.88 Å². The van der Waals surface area contributed by atoms with Crippen LogP contribution in [-0.2, 0) is 13.1 Å². The minimum Gasteiger partial charge on any atom is -0.331 e. The number of hydrogen-bond donors (Lipinski definition) is 1. The van der Waals surface area contributed by atoms with Gasteiger partial charge in [-0.25, -0.2) is 4.98 Å². The Morgan fingerprint density at radius 1 is 1.62 bits per heavy atom. The smallest absolute Gasteiger partial charge is 0.105 e. The van der Waals surface area contributed by atoms with E-state index >= 15 is 0 Å². The van der Waals surface area contributed by atoms with Gasteiger partial charge in [-0.3, -0.25) is 0 Å². The maximum atomic E-state index is 4.39. The number of nitrogens with one attached hydrogen (secondary N) is 1. The lowest BCUT2D eigenvalue weighted by Gasteiger charge is -2.10. The Bertz CT molecular complexity index is 350. The summed E-state index contributed by atoms with van der Waals surface area (Å²) in [5.74, 6) is 1.12. The molecule has 0 aliphatic heterocycles. The second-order valence-electron chi connectivity index (χ2n) is 4.53. The number of imidazole rings is 1. The van der Waals surface area contributed by atoms with E-state index in [0.717, 1.165) is 37.8 Å². The molecule has 0 aromatic carbocycles. The zero-order valence-electron chi connectivity index (χ0n) is 10.1. The molecular weight excluding hydrogens is 198 g/mol. The van der Waals surface area contributed by atoms with Crippen molar-refractivity contribution < 1.29 is 0 Å². The van der Waals surface area contributed by atoms with Crippen molar-refractivity contribution in [2.24, 2.45) is 0 Å². The monoisotopic (exact) mass is 219 g/mol. The van der Waals surface area contributed by atoms with Crippen LogP contribution in [0.2, 0.25) is 0 Å². The highest BCUT2D eigenvalue weighted by Crippen LogP contribution is 2.19. The highest BCUT2D eigenvalue weighted by molar-refractivity contribution is 5.05. The van der Waals surface area contributed by atoms with E-state index in [0.29, 0.717) is 0 Å². The normalized spacial score (nSPS) is 15.3. The van der Waals surface area contributed by atoms with Crippen LogP contribution in [0.5, 0.6) is 0 Å². The summed E-state index contributed by atoms with van der Waals surface area (Å²) < 4.78 is 2.32. The molecule has 1 aromatic rings. The standard InChI is InChI=1S/C13H21N3/c1-3-4-5-8-16-11(2)14-9-13(16)10-15-12-6-7-12/h3,9,12,15H,1,4-8,10H2,2H3. The maximum Gasteiger partial charge on any atom is 0.105 e. The molecule has 3 nitrogen and oxygen atoms in total. The molecule has 1 fully saturated rings. The molecule has 0 bridgehead atoms. The summed E-state index contributed by atoms with van der Waals surface area (Å²) in [4.78, 5) is 4.39. The Balaban J connectivity index is 1.90. The summed E-state index contributed by atoms with van der Waals surface area (Å²) in [7, 11) is 0. The van der Waals surface area contributed by atoms with E-state index < -0.39 is 0 Å². The van der Waals surface area contributed by atoms with E-state index in [9.17, 15) is 0 Å². The number of unbranched alkanes of at least 4 members (excludes halogenated alkanes) is 1. The van der Waals surface area contributed by atoms with Crippen molar-refractivity contribution in [3.05, 3.63) is 30.4 Å². The van der Waals surface area contributed by atoms with Crippen LogP contribution in [0.25, 0.3) is 0 Å². The van der Waals surface area contributed by atoms with Gasteiger partial charge in [0.2, 0.25) is 0 Å². The lowest BCUT2D eigenvalue weighted by atomic mass is 10.3. The van der Waals surface area contributed by atoms with Gasteiger partial charge in [-0.15, -0.1) is 6.58 Å². The molecule has 1 N–H and O–H groups in total. The Morgan fingerprint density at radius 2 is 2.44 bits per heavy atom. The van der Waals surface area contributed by atoms with Gasteiger partial charge in [-0.2, -0.15) is 0 Å². The molecule has 0 atom stereocenters. The fourth-order valence-corrected chi connectivity index (χ4v) is 1.89. The summed E-state index contributed by atoms with van der Waals surface area (Å²) >= 11 is 0. The molecule has 1 heterocycles. The van der Waals surface area contributed by atoms with Gasteiger partial charge in [0.15, 0.2) is 0 Å². The third kappa shape index (κ3) is 2.95. The van der Waals surface area contributed by atoms with Crippen molar-refractivity contribution in [2.45, 2.75) is 51.7 Å². The number of aryl methyl sites for hydroxylation is 1. The fraction of sp³-hybridized carbons (Fsp3) is 0.615. The molecule has 1 aliphatic carbocycles. The Morgan fingerprint density at radius 3 is 3.12 bits per heavy atom.